The van der Waals surface area contributed by atoms with Crippen molar-refractivity contribution in [2.75, 3.05) is 26.2 Å². The molecular formula is C24H28FN3O3S. The van der Waals surface area contributed by atoms with E-state index in [1.165, 1.54) is 35.6 Å². The van der Waals surface area contributed by atoms with Gasteiger partial charge in [-0.25, -0.2) is 4.39 Å². The SMILES string of the molecule is O=C(NC(C(=O)N1CCCCC1)C1CCN(C(=O)c2ccc(F)cc2)CC1)c1cccs1. The largest absolute Gasteiger partial charge is 0.341 e. The summed E-state index contributed by atoms with van der Waals surface area (Å²) in [7, 11) is 0. The number of halogens is 1. The maximum atomic E-state index is 13.4. The van der Waals surface area contributed by atoms with Crippen molar-refractivity contribution in [1.29, 1.82) is 0 Å². The van der Waals surface area contributed by atoms with Crippen LogP contribution < -0.4 is 5.32 Å². The fourth-order valence-corrected chi connectivity index (χ4v) is 5.15. The molecule has 2 aromatic rings. The van der Waals surface area contributed by atoms with Gasteiger partial charge in [-0.15, -0.1) is 11.3 Å². The Hall–Kier alpha value is -2.74. The Kier molecular flexibility index (Phi) is 7.19. The lowest BCUT2D eigenvalue weighted by molar-refractivity contribution is -0.136. The summed E-state index contributed by atoms with van der Waals surface area (Å²) in [4.78, 5) is 43.1. The highest BCUT2D eigenvalue weighted by atomic mass is 32.1. The van der Waals surface area contributed by atoms with Crippen LogP contribution in [0.4, 0.5) is 4.39 Å². The first kappa shape index (κ1) is 22.5. The van der Waals surface area contributed by atoms with Crippen LogP contribution in [0.2, 0.25) is 0 Å². The van der Waals surface area contributed by atoms with Crippen molar-refractivity contribution in [2.24, 2.45) is 5.92 Å². The van der Waals surface area contributed by atoms with E-state index < -0.39 is 6.04 Å². The van der Waals surface area contributed by atoms with E-state index in [2.05, 4.69) is 5.32 Å². The maximum Gasteiger partial charge on any atom is 0.262 e. The van der Waals surface area contributed by atoms with Crippen molar-refractivity contribution in [1.82, 2.24) is 15.1 Å². The molecule has 2 aliphatic rings. The highest BCUT2D eigenvalue weighted by molar-refractivity contribution is 7.12. The van der Waals surface area contributed by atoms with Crippen molar-refractivity contribution in [2.45, 2.75) is 38.1 Å². The summed E-state index contributed by atoms with van der Waals surface area (Å²) >= 11 is 1.35. The van der Waals surface area contributed by atoms with Crippen molar-refractivity contribution >= 4 is 29.1 Å². The van der Waals surface area contributed by atoms with Crippen LogP contribution >= 0.6 is 11.3 Å². The van der Waals surface area contributed by atoms with Gasteiger partial charge in [-0.1, -0.05) is 6.07 Å². The van der Waals surface area contributed by atoms with Crippen LogP contribution in [0.25, 0.3) is 0 Å². The lowest BCUT2D eigenvalue weighted by Gasteiger charge is -2.38. The van der Waals surface area contributed by atoms with Crippen LogP contribution in [0.15, 0.2) is 41.8 Å². The molecule has 1 N–H and O–H groups in total. The Labute approximate surface area is 191 Å². The van der Waals surface area contributed by atoms with Crippen LogP contribution in [0.5, 0.6) is 0 Å². The van der Waals surface area contributed by atoms with Crippen LogP contribution in [0, 0.1) is 11.7 Å². The highest BCUT2D eigenvalue weighted by Gasteiger charge is 2.36. The van der Waals surface area contributed by atoms with Crippen LogP contribution in [0.3, 0.4) is 0 Å². The number of nitrogens with one attached hydrogen (secondary N) is 1. The molecular weight excluding hydrogens is 429 g/mol. The zero-order valence-electron chi connectivity index (χ0n) is 18.0. The summed E-state index contributed by atoms with van der Waals surface area (Å²) in [6.07, 6.45) is 4.35. The first-order valence-corrected chi connectivity index (χ1v) is 12.1. The summed E-state index contributed by atoms with van der Waals surface area (Å²) in [6.45, 7) is 2.46. The molecule has 3 amide bonds. The van der Waals surface area contributed by atoms with Gasteiger partial charge in [-0.3, -0.25) is 14.4 Å². The number of hydrogen-bond acceptors (Lipinski definition) is 4. The van der Waals surface area contributed by atoms with E-state index in [0.29, 0.717) is 36.4 Å². The number of carbonyl (C=O) groups is 3. The quantitative estimate of drug-likeness (QED) is 0.747. The summed E-state index contributed by atoms with van der Waals surface area (Å²) < 4.78 is 13.2. The predicted octanol–water partition coefficient (Wildman–Crippen LogP) is 3.55. The van der Waals surface area contributed by atoms with Crippen molar-refractivity contribution in [3.8, 4) is 0 Å². The normalized spacial score (nSPS) is 18.3. The fourth-order valence-electron chi connectivity index (χ4n) is 4.52. The number of hydrogen-bond donors (Lipinski definition) is 1. The monoisotopic (exact) mass is 457 g/mol. The second-order valence-electron chi connectivity index (χ2n) is 8.45. The Balaban J connectivity index is 1.44. The number of carbonyl (C=O) groups excluding carboxylic acids is 3. The molecule has 1 aromatic carbocycles. The lowest BCUT2D eigenvalue weighted by atomic mass is 9.87. The molecule has 1 atom stereocenters. The number of benzene rings is 1. The highest BCUT2D eigenvalue weighted by Crippen LogP contribution is 2.25. The zero-order valence-corrected chi connectivity index (χ0v) is 18.8. The maximum absolute atomic E-state index is 13.4. The van der Waals surface area contributed by atoms with Crippen LogP contribution in [0.1, 0.15) is 52.1 Å². The summed E-state index contributed by atoms with van der Waals surface area (Å²) in [5.41, 5.74) is 0.455. The molecule has 3 heterocycles. The van der Waals surface area contributed by atoms with Crippen LogP contribution in [-0.2, 0) is 4.79 Å². The minimum absolute atomic E-state index is 0.0158. The topological polar surface area (TPSA) is 69.7 Å². The Morgan fingerprint density at radius 1 is 0.938 bits per heavy atom. The van der Waals surface area contributed by atoms with Gasteiger partial charge in [0.25, 0.3) is 11.8 Å². The summed E-state index contributed by atoms with van der Waals surface area (Å²) in [5.74, 6) is -0.783. The van der Waals surface area contributed by atoms with E-state index in [9.17, 15) is 18.8 Å². The van der Waals surface area contributed by atoms with E-state index in [0.717, 1.165) is 32.4 Å². The lowest BCUT2D eigenvalue weighted by Crippen LogP contribution is -2.55. The smallest absolute Gasteiger partial charge is 0.262 e. The van der Waals surface area contributed by atoms with Gasteiger partial charge in [0.15, 0.2) is 0 Å². The number of piperidine rings is 2. The predicted molar refractivity (Wildman–Crippen MR) is 121 cm³/mol. The number of likely N-dealkylation sites (tertiary alicyclic amines) is 2. The Bertz CT molecular complexity index is 934. The third-order valence-corrected chi connectivity index (χ3v) is 7.22. The molecule has 32 heavy (non-hydrogen) atoms. The van der Waals surface area contributed by atoms with E-state index >= 15 is 0 Å². The Morgan fingerprint density at radius 2 is 1.62 bits per heavy atom. The van der Waals surface area contributed by atoms with Gasteiger partial charge in [0.2, 0.25) is 5.91 Å². The van der Waals surface area contributed by atoms with Crippen molar-refractivity contribution < 1.29 is 18.8 Å². The number of thiophene rings is 1. The van der Waals surface area contributed by atoms with Gasteiger partial charge < -0.3 is 15.1 Å². The van der Waals surface area contributed by atoms with Gasteiger partial charge in [-0.2, -0.15) is 0 Å². The Morgan fingerprint density at radius 3 is 2.25 bits per heavy atom. The van der Waals surface area contributed by atoms with Crippen LogP contribution in [-0.4, -0.2) is 59.7 Å². The average Bonchev–Trinajstić information content (AvgIpc) is 3.38. The first-order chi connectivity index (χ1) is 15.5. The van der Waals surface area contributed by atoms with Gasteiger partial charge in [0.1, 0.15) is 11.9 Å². The molecule has 1 unspecified atom stereocenters. The molecule has 2 fully saturated rings. The van der Waals surface area contributed by atoms with Crippen molar-refractivity contribution in [3.63, 3.8) is 0 Å². The van der Waals surface area contributed by atoms with E-state index in [1.54, 1.807) is 11.0 Å². The summed E-state index contributed by atoms with van der Waals surface area (Å²) in [5, 5.41) is 4.85. The molecule has 0 spiro atoms. The molecule has 4 rings (SSSR count). The van der Waals surface area contributed by atoms with Gasteiger partial charge in [-0.05, 0) is 73.7 Å². The third kappa shape index (κ3) is 5.18. The van der Waals surface area contributed by atoms with Gasteiger partial charge in [0.05, 0.1) is 4.88 Å². The van der Waals surface area contributed by atoms with Gasteiger partial charge >= 0.3 is 0 Å². The molecule has 1 aromatic heterocycles. The number of nitrogens with zero attached hydrogens (tertiary/aromatic N) is 2. The van der Waals surface area contributed by atoms with E-state index in [1.807, 2.05) is 16.3 Å². The molecule has 170 valence electrons. The standard InChI is InChI=1S/C24H28FN3O3S/c25-19-8-6-18(7-9-19)23(30)28-14-10-17(11-15-28)21(24(31)27-12-2-1-3-13-27)26-22(29)20-5-4-16-32-20/h4-9,16-17,21H,1-3,10-15H2,(H,26,29). The first-order valence-electron chi connectivity index (χ1n) is 11.2. The zero-order chi connectivity index (χ0) is 22.5. The molecule has 0 aliphatic carbocycles. The van der Waals surface area contributed by atoms with E-state index in [4.69, 9.17) is 0 Å². The molecule has 6 nitrogen and oxygen atoms in total. The second kappa shape index (κ2) is 10.3. The molecule has 0 radical (unpaired) electrons. The van der Waals surface area contributed by atoms with Crippen molar-refractivity contribution in [3.05, 3.63) is 58.0 Å². The molecule has 0 saturated carbocycles. The third-order valence-electron chi connectivity index (χ3n) is 6.35. The fraction of sp³-hybridized carbons (Fsp3) is 0.458. The molecule has 2 saturated heterocycles. The average molecular weight is 458 g/mol. The second-order valence-corrected chi connectivity index (χ2v) is 9.40. The number of amides is 3. The summed E-state index contributed by atoms with van der Waals surface area (Å²) in [6, 6.07) is 8.54. The number of rotatable bonds is 5. The molecule has 0 bridgehead atoms. The van der Waals surface area contributed by atoms with E-state index in [-0.39, 0.29) is 29.5 Å². The minimum Gasteiger partial charge on any atom is -0.341 e. The molecule has 2 aliphatic heterocycles. The molecule has 8 heteroatoms. The van der Waals surface area contributed by atoms with Gasteiger partial charge in [0, 0.05) is 31.7 Å². The minimum atomic E-state index is -0.592.